The van der Waals surface area contributed by atoms with E-state index in [4.69, 9.17) is 0 Å². The number of carbonyl (C=O) groups is 1. The summed E-state index contributed by atoms with van der Waals surface area (Å²) in [6.45, 7) is 5.55. The molecule has 1 saturated carbocycles. The van der Waals surface area contributed by atoms with Gasteiger partial charge in [0.1, 0.15) is 12.2 Å². The highest BCUT2D eigenvalue weighted by Crippen LogP contribution is 2.49. The SMILES string of the molecule is CC[C@@]1(O)[C@@H](C)[C@@H](C)C2(CC(=O)N2)[C@H](O)[C@@H]1O. The third kappa shape index (κ3) is 1.39. The second kappa shape index (κ2) is 3.67. The number of carbonyl (C=O) groups excluding carboxylic acids is 1. The van der Waals surface area contributed by atoms with Crippen LogP contribution < -0.4 is 5.32 Å². The van der Waals surface area contributed by atoms with Gasteiger partial charge in [0.2, 0.25) is 5.91 Å². The second-order valence-electron chi connectivity index (χ2n) is 5.58. The van der Waals surface area contributed by atoms with E-state index < -0.39 is 23.3 Å². The molecule has 6 atom stereocenters. The molecular formula is C12H21NO4. The zero-order valence-electron chi connectivity index (χ0n) is 10.5. The van der Waals surface area contributed by atoms with Gasteiger partial charge in [-0.25, -0.2) is 0 Å². The van der Waals surface area contributed by atoms with Gasteiger partial charge in [0.25, 0.3) is 0 Å². The summed E-state index contributed by atoms with van der Waals surface area (Å²) in [6.07, 6.45) is -1.74. The Bertz CT molecular complexity index is 317. The largest absolute Gasteiger partial charge is 0.388 e. The molecule has 1 spiro atoms. The molecule has 1 amide bonds. The summed E-state index contributed by atoms with van der Waals surface area (Å²) in [4.78, 5) is 11.1. The molecule has 1 aliphatic carbocycles. The van der Waals surface area contributed by atoms with Crippen LogP contribution in [0.1, 0.15) is 33.6 Å². The Labute approximate surface area is 101 Å². The molecule has 2 aliphatic rings. The minimum Gasteiger partial charge on any atom is -0.388 e. The molecule has 5 heteroatoms. The van der Waals surface area contributed by atoms with Crippen molar-refractivity contribution in [2.75, 3.05) is 0 Å². The number of hydrogen-bond donors (Lipinski definition) is 4. The molecule has 2 rings (SSSR count). The fraction of sp³-hybridized carbons (Fsp3) is 0.917. The second-order valence-corrected chi connectivity index (χ2v) is 5.58. The molecule has 17 heavy (non-hydrogen) atoms. The van der Waals surface area contributed by atoms with Crippen molar-refractivity contribution in [1.29, 1.82) is 0 Å². The molecule has 1 aliphatic heterocycles. The van der Waals surface area contributed by atoms with Gasteiger partial charge in [-0.3, -0.25) is 4.79 Å². The normalized spacial score (nSPS) is 54.4. The first-order chi connectivity index (χ1) is 7.79. The summed E-state index contributed by atoms with van der Waals surface area (Å²) in [5.41, 5.74) is -2.05. The summed E-state index contributed by atoms with van der Waals surface area (Å²) < 4.78 is 0. The Kier molecular flexibility index (Phi) is 2.76. The maximum absolute atomic E-state index is 11.1. The number of nitrogens with one attached hydrogen (secondary N) is 1. The lowest BCUT2D eigenvalue weighted by molar-refractivity contribution is -0.235. The smallest absolute Gasteiger partial charge is 0.223 e. The lowest BCUT2D eigenvalue weighted by Crippen LogP contribution is -2.80. The summed E-state index contributed by atoms with van der Waals surface area (Å²) in [7, 11) is 0. The molecule has 0 radical (unpaired) electrons. The van der Waals surface area contributed by atoms with Gasteiger partial charge >= 0.3 is 0 Å². The Hall–Kier alpha value is -0.650. The highest BCUT2D eigenvalue weighted by atomic mass is 16.4. The van der Waals surface area contributed by atoms with Crippen LogP contribution in [0, 0.1) is 11.8 Å². The van der Waals surface area contributed by atoms with Crippen molar-refractivity contribution in [3.8, 4) is 0 Å². The third-order valence-corrected chi connectivity index (χ3v) is 5.08. The van der Waals surface area contributed by atoms with Gasteiger partial charge in [-0.15, -0.1) is 0 Å². The molecule has 1 saturated heterocycles. The minimum atomic E-state index is -1.29. The van der Waals surface area contributed by atoms with Crippen LogP contribution in [-0.4, -0.2) is 44.6 Å². The average Bonchev–Trinajstić information content (AvgIpc) is 2.28. The summed E-state index contributed by atoms with van der Waals surface area (Å²) in [5.74, 6) is -0.382. The van der Waals surface area contributed by atoms with E-state index in [9.17, 15) is 20.1 Å². The molecule has 0 bridgehead atoms. The van der Waals surface area contributed by atoms with E-state index in [0.717, 1.165) is 0 Å². The van der Waals surface area contributed by atoms with E-state index in [2.05, 4.69) is 5.32 Å². The maximum Gasteiger partial charge on any atom is 0.223 e. The first-order valence-electron chi connectivity index (χ1n) is 6.19. The Morgan fingerprint density at radius 3 is 2.24 bits per heavy atom. The first kappa shape index (κ1) is 12.8. The molecule has 1 heterocycles. The van der Waals surface area contributed by atoms with Crippen molar-refractivity contribution in [3.63, 3.8) is 0 Å². The molecule has 0 aromatic carbocycles. The van der Waals surface area contributed by atoms with E-state index in [1.165, 1.54) is 0 Å². The average molecular weight is 243 g/mol. The zero-order chi connectivity index (χ0) is 13.0. The fourth-order valence-corrected chi connectivity index (χ4v) is 3.46. The van der Waals surface area contributed by atoms with Crippen LogP contribution in [-0.2, 0) is 4.79 Å². The fourth-order valence-electron chi connectivity index (χ4n) is 3.46. The van der Waals surface area contributed by atoms with Crippen LogP contribution >= 0.6 is 0 Å². The van der Waals surface area contributed by atoms with Gasteiger partial charge in [-0.05, 0) is 18.3 Å². The maximum atomic E-state index is 11.1. The number of β-lactam (4-membered cyclic amide) rings is 1. The van der Waals surface area contributed by atoms with Gasteiger partial charge in [0, 0.05) is 0 Å². The van der Waals surface area contributed by atoms with Gasteiger partial charge in [-0.1, -0.05) is 20.8 Å². The monoisotopic (exact) mass is 243 g/mol. The Morgan fingerprint density at radius 1 is 1.29 bits per heavy atom. The lowest BCUT2D eigenvalue weighted by Gasteiger charge is -2.60. The molecule has 2 fully saturated rings. The van der Waals surface area contributed by atoms with Crippen molar-refractivity contribution in [2.24, 2.45) is 11.8 Å². The predicted molar refractivity (Wildman–Crippen MR) is 61.1 cm³/mol. The highest BCUT2D eigenvalue weighted by Gasteiger charge is 2.65. The van der Waals surface area contributed by atoms with Crippen LogP contribution in [0.4, 0.5) is 0 Å². The molecule has 0 aromatic rings. The molecule has 1 unspecified atom stereocenters. The van der Waals surface area contributed by atoms with Gasteiger partial charge in [0.15, 0.2) is 0 Å². The lowest BCUT2D eigenvalue weighted by atomic mass is 9.55. The van der Waals surface area contributed by atoms with Crippen molar-refractivity contribution in [2.45, 2.75) is 57.0 Å². The zero-order valence-corrected chi connectivity index (χ0v) is 10.5. The summed E-state index contributed by atoms with van der Waals surface area (Å²) in [6, 6.07) is 0. The topological polar surface area (TPSA) is 89.8 Å². The number of aliphatic hydroxyl groups is 3. The van der Waals surface area contributed by atoms with Gasteiger partial charge < -0.3 is 20.6 Å². The van der Waals surface area contributed by atoms with Gasteiger partial charge in [0.05, 0.1) is 17.6 Å². The minimum absolute atomic E-state index is 0.0800. The Morgan fingerprint density at radius 2 is 1.82 bits per heavy atom. The summed E-state index contributed by atoms with van der Waals surface area (Å²) in [5, 5.41) is 33.5. The molecule has 5 nitrogen and oxygen atoms in total. The molecule has 0 aromatic heterocycles. The van der Waals surface area contributed by atoms with Crippen molar-refractivity contribution < 1.29 is 20.1 Å². The van der Waals surface area contributed by atoms with E-state index >= 15 is 0 Å². The van der Waals surface area contributed by atoms with Crippen LogP contribution in [0.25, 0.3) is 0 Å². The van der Waals surface area contributed by atoms with E-state index in [1.54, 1.807) is 6.92 Å². The van der Waals surface area contributed by atoms with Gasteiger partial charge in [-0.2, -0.15) is 0 Å². The number of amides is 1. The van der Waals surface area contributed by atoms with Crippen LogP contribution in [0.5, 0.6) is 0 Å². The van der Waals surface area contributed by atoms with E-state index in [-0.39, 0.29) is 24.2 Å². The highest BCUT2D eigenvalue weighted by molar-refractivity contribution is 5.85. The molecule has 4 N–H and O–H groups in total. The summed E-state index contributed by atoms with van der Waals surface area (Å²) >= 11 is 0. The molecule has 98 valence electrons. The van der Waals surface area contributed by atoms with Crippen LogP contribution in [0.3, 0.4) is 0 Å². The third-order valence-electron chi connectivity index (χ3n) is 5.08. The van der Waals surface area contributed by atoms with E-state index in [1.807, 2.05) is 13.8 Å². The van der Waals surface area contributed by atoms with Crippen LogP contribution in [0.2, 0.25) is 0 Å². The van der Waals surface area contributed by atoms with Crippen molar-refractivity contribution in [3.05, 3.63) is 0 Å². The standard InChI is InChI=1S/C12H21NO4/c1-4-12(17)7(3)6(2)11(5-8(14)13-11)9(15)10(12)16/h6-7,9-10,15-17H,4-5H2,1-3H3,(H,13,14)/t6-,7+,9-,10+,11?,12-/m1/s1. The number of hydrogen-bond acceptors (Lipinski definition) is 4. The molecular weight excluding hydrogens is 222 g/mol. The quantitative estimate of drug-likeness (QED) is 0.463. The van der Waals surface area contributed by atoms with Crippen molar-refractivity contribution >= 4 is 5.91 Å². The van der Waals surface area contributed by atoms with Crippen LogP contribution in [0.15, 0.2) is 0 Å². The van der Waals surface area contributed by atoms with E-state index in [0.29, 0.717) is 6.42 Å². The number of rotatable bonds is 1. The number of aliphatic hydroxyl groups excluding tert-OH is 2. The predicted octanol–water partition coefficient (Wildman–Crippen LogP) is -0.606. The first-order valence-corrected chi connectivity index (χ1v) is 6.19. The Balaban J connectivity index is 2.35. The van der Waals surface area contributed by atoms with Crippen molar-refractivity contribution in [1.82, 2.24) is 5.32 Å².